The molecule has 0 aliphatic carbocycles. The average molecular weight is 302 g/mol. The van der Waals surface area contributed by atoms with Gasteiger partial charge in [-0.1, -0.05) is 18.5 Å². The van der Waals surface area contributed by atoms with Gasteiger partial charge in [-0.3, -0.25) is 20.0 Å². The molecule has 0 aliphatic heterocycles. The van der Waals surface area contributed by atoms with Crippen molar-refractivity contribution in [1.82, 2.24) is 11.0 Å². The number of carbonyl (C=O) groups is 2. The summed E-state index contributed by atoms with van der Waals surface area (Å²) in [7, 11) is 0. The van der Waals surface area contributed by atoms with E-state index >= 15 is 0 Å². The van der Waals surface area contributed by atoms with Gasteiger partial charge in [0.05, 0.1) is 6.54 Å². The number of rotatable bonds is 6. The first kappa shape index (κ1) is 16.2. The summed E-state index contributed by atoms with van der Waals surface area (Å²) in [5.74, 6) is -1.32. The summed E-state index contributed by atoms with van der Waals surface area (Å²) in [6.45, 7) is 1.49. The van der Waals surface area contributed by atoms with Crippen LogP contribution in [0, 0.1) is 0 Å². The van der Waals surface area contributed by atoms with Crippen molar-refractivity contribution >= 4 is 29.1 Å². The summed E-state index contributed by atoms with van der Waals surface area (Å²) in [4.78, 5) is 24.5. The van der Waals surface area contributed by atoms with E-state index in [0.29, 0.717) is 17.1 Å². The van der Waals surface area contributed by atoms with Crippen molar-refractivity contribution < 1.29 is 20.0 Å². The van der Waals surface area contributed by atoms with E-state index in [1.807, 2.05) is 0 Å². The van der Waals surface area contributed by atoms with Crippen LogP contribution in [0.1, 0.15) is 13.3 Å². The number of hydrogen-bond donors (Lipinski definition) is 4. The monoisotopic (exact) mass is 301 g/mol. The topological polar surface area (TPSA) is 102 Å². The molecule has 20 heavy (non-hydrogen) atoms. The molecule has 8 heteroatoms. The zero-order chi connectivity index (χ0) is 15.1. The van der Waals surface area contributed by atoms with Crippen LogP contribution in [0.2, 0.25) is 5.02 Å². The molecular weight excluding hydrogens is 286 g/mol. The van der Waals surface area contributed by atoms with E-state index in [2.05, 4.69) is 0 Å². The number of nitrogens with one attached hydrogen (secondary N) is 2. The fraction of sp³-hybridized carbons (Fsp3) is 0.333. The van der Waals surface area contributed by atoms with Crippen LogP contribution in [0.15, 0.2) is 24.3 Å². The molecule has 1 aromatic rings. The lowest BCUT2D eigenvalue weighted by Crippen LogP contribution is -2.49. The first-order chi connectivity index (χ1) is 9.53. The normalized spacial score (nSPS) is 11.6. The molecule has 0 saturated carbocycles. The lowest BCUT2D eigenvalue weighted by atomic mass is 10.1. The Hall–Kier alpha value is -1.83. The van der Waals surface area contributed by atoms with E-state index < -0.39 is 17.9 Å². The highest BCUT2D eigenvalue weighted by Gasteiger charge is 2.26. The van der Waals surface area contributed by atoms with Crippen LogP contribution in [0.4, 0.5) is 5.69 Å². The predicted molar refractivity (Wildman–Crippen MR) is 72.7 cm³/mol. The average Bonchev–Trinajstić information content (AvgIpc) is 2.47. The second kappa shape index (κ2) is 7.68. The molecule has 4 N–H and O–H groups in total. The molecule has 0 heterocycles. The van der Waals surface area contributed by atoms with Crippen LogP contribution in [0.3, 0.4) is 0 Å². The molecule has 2 amide bonds. The summed E-state index contributed by atoms with van der Waals surface area (Å²) in [5.41, 5.74) is 3.64. The maximum atomic E-state index is 11.7. The minimum atomic E-state index is -0.765. The summed E-state index contributed by atoms with van der Waals surface area (Å²) >= 11 is 5.80. The number of amides is 2. The van der Waals surface area contributed by atoms with Crippen molar-refractivity contribution in [3.05, 3.63) is 29.3 Å². The van der Waals surface area contributed by atoms with Crippen LogP contribution < -0.4 is 15.9 Å². The Morgan fingerprint density at radius 3 is 2.30 bits per heavy atom. The van der Waals surface area contributed by atoms with Crippen LogP contribution in [-0.4, -0.2) is 34.8 Å². The number of hydroxylamine groups is 2. The molecule has 7 nitrogen and oxygen atoms in total. The molecule has 0 aromatic heterocycles. The fourth-order valence-electron chi connectivity index (χ4n) is 1.83. The molecule has 0 saturated heterocycles. The molecule has 0 radical (unpaired) electrons. The van der Waals surface area contributed by atoms with Crippen LogP contribution in [-0.2, 0) is 9.59 Å². The van der Waals surface area contributed by atoms with Crippen molar-refractivity contribution in [1.29, 1.82) is 0 Å². The van der Waals surface area contributed by atoms with E-state index in [9.17, 15) is 9.59 Å². The van der Waals surface area contributed by atoms with Crippen molar-refractivity contribution in [2.45, 2.75) is 19.4 Å². The Balaban J connectivity index is 3.09. The molecule has 110 valence electrons. The molecule has 0 bridgehead atoms. The number of benzene rings is 1. The van der Waals surface area contributed by atoms with Gasteiger partial charge >= 0.3 is 0 Å². The van der Waals surface area contributed by atoms with E-state index in [0.717, 1.165) is 0 Å². The summed E-state index contributed by atoms with van der Waals surface area (Å²) in [6.07, 6.45) is 0.355. The zero-order valence-corrected chi connectivity index (χ0v) is 11.6. The van der Waals surface area contributed by atoms with E-state index in [-0.39, 0.29) is 6.54 Å². The summed E-state index contributed by atoms with van der Waals surface area (Å²) < 4.78 is 0. The van der Waals surface area contributed by atoms with Gasteiger partial charge < -0.3 is 4.90 Å². The number of nitrogens with zero attached hydrogens (tertiary/aromatic N) is 1. The van der Waals surface area contributed by atoms with Crippen LogP contribution >= 0.6 is 11.6 Å². The third-order valence-corrected chi connectivity index (χ3v) is 3.02. The number of anilines is 1. The lowest BCUT2D eigenvalue weighted by molar-refractivity contribution is -0.131. The lowest BCUT2D eigenvalue weighted by Gasteiger charge is -2.30. The van der Waals surface area contributed by atoms with Gasteiger partial charge in [-0.05, 0) is 30.7 Å². The SMILES string of the molecule is CC[C@H](C(=O)NO)N(CC(=O)NO)c1ccc(Cl)cc1. The van der Waals surface area contributed by atoms with Crippen molar-refractivity contribution in [2.75, 3.05) is 11.4 Å². The van der Waals surface area contributed by atoms with Gasteiger partial charge in [-0.2, -0.15) is 0 Å². The second-order valence-corrected chi connectivity index (χ2v) is 4.48. The maximum Gasteiger partial charge on any atom is 0.266 e. The largest absolute Gasteiger partial charge is 0.350 e. The fourth-order valence-corrected chi connectivity index (χ4v) is 1.95. The van der Waals surface area contributed by atoms with Crippen molar-refractivity contribution in [3.63, 3.8) is 0 Å². The zero-order valence-electron chi connectivity index (χ0n) is 10.8. The van der Waals surface area contributed by atoms with Gasteiger partial charge in [-0.25, -0.2) is 11.0 Å². The minimum Gasteiger partial charge on any atom is -0.350 e. The molecule has 0 spiro atoms. The third-order valence-electron chi connectivity index (χ3n) is 2.77. The molecule has 1 atom stereocenters. The third kappa shape index (κ3) is 4.09. The molecule has 0 fully saturated rings. The van der Waals surface area contributed by atoms with E-state index in [1.54, 1.807) is 36.7 Å². The summed E-state index contributed by atoms with van der Waals surface area (Å²) in [5, 5.41) is 17.9. The van der Waals surface area contributed by atoms with Crippen molar-refractivity contribution in [2.24, 2.45) is 0 Å². The number of halogens is 1. The second-order valence-electron chi connectivity index (χ2n) is 4.04. The highest BCUT2D eigenvalue weighted by Crippen LogP contribution is 2.21. The van der Waals surface area contributed by atoms with Gasteiger partial charge in [0.1, 0.15) is 6.04 Å². The number of hydrogen-bond acceptors (Lipinski definition) is 5. The Kier molecular flexibility index (Phi) is 6.23. The Bertz CT molecular complexity index is 466. The predicted octanol–water partition coefficient (Wildman–Crippen LogP) is 0.936. The standard InChI is InChI=1S/C12H16ClN3O4/c1-2-10(12(18)15-20)16(7-11(17)14-19)9-5-3-8(13)4-6-9/h3-6,10,19-20H,2,7H2,1H3,(H,14,17)(H,15,18)/t10-/m1/s1. The highest BCUT2D eigenvalue weighted by atomic mass is 35.5. The highest BCUT2D eigenvalue weighted by molar-refractivity contribution is 6.30. The van der Waals surface area contributed by atoms with Crippen LogP contribution in [0.5, 0.6) is 0 Å². The molecule has 1 aromatic carbocycles. The van der Waals surface area contributed by atoms with Gasteiger partial charge in [0.25, 0.3) is 11.8 Å². The Morgan fingerprint density at radius 1 is 1.25 bits per heavy atom. The smallest absolute Gasteiger partial charge is 0.266 e. The molecule has 0 aliphatic rings. The van der Waals surface area contributed by atoms with Crippen LogP contribution in [0.25, 0.3) is 0 Å². The number of carbonyl (C=O) groups excluding carboxylic acids is 2. The molecule has 1 rings (SSSR count). The summed E-state index contributed by atoms with van der Waals surface area (Å²) in [6, 6.07) is 5.74. The van der Waals surface area contributed by atoms with Gasteiger partial charge in [0.2, 0.25) is 0 Å². The Morgan fingerprint density at radius 2 is 1.85 bits per heavy atom. The quantitative estimate of drug-likeness (QED) is 0.462. The molecule has 0 unspecified atom stereocenters. The first-order valence-electron chi connectivity index (χ1n) is 5.92. The van der Waals surface area contributed by atoms with E-state index in [1.165, 1.54) is 10.4 Å². The van der Waals surface area contributed by atoms with Gasteiger partial charge in [-0.15, -0.1) is 0 Å². The van der Waals surface area contributed by atoms with E-state index in [4.69, 9.17) is 22.0 Å². The van der Waals surface area contributed by atoms with Gasteiger partial charge in [0.15, 0.2) is 0 Å². The van der Waals surface area contributed by atoms with Gasteiger partial charge in [0, 0.05) is 10.7 Å². The van der Waals surface area contributed by atoms with Crippen molar-refractivity contribution in [3.8, 4) is 0 Å². The Labute approximate surface area is 121 Å². The molecular formula is C12H16ClN3O4. The minimum absolute atomic E-state index is 0.246. The first-order valence-corrected chi connectivity index (χ1v) is 6.30. The maximum absolute atomic E-state index is 11.7.